The molecule has 3 rings (SSSR count). The zero-order chi connectivity index (χ0) is 18.1. The van der Waals surface area contributed by atoms with Crippen LogP contribution in [-0.4, -0.2) is 52.5 Å². The van der Waals surface area contributed by atoms with Crippen molar-refractivity contribution in [3.8, 4) is 0 Å². The summed E-state index contributed by atoms with van der Waals surface area (Å²) in [7, 11) is 3.34. The summed E-state index contributed by atoms with van der Waals surface area (Å²) in [5, 5.41) is 10.0. The van der Waals surface area contributed by atoms with Gasteiger partial charge in [0, 0.05) is 44.5 Å². The summed E-state index contributed by atoms with van der Waals surface area (Å²) in [6.45, 7) is 0.759. The zero-order valence-electron chi connectivity index (χ0n) is 14.2. The first kappa shape index (κ1) is 17.6. The minimum atomic E-state index is -0.606. The lowest BCUT2D eigenvalue weighted by atomic mass is 10.0. The Bertz CT molecular complexity index is 775. The average molecular weight is 349 g/mol. The number of nitrogens with one attached hydrogen (secondary N) is 1. The maximum Gasteiger partial charge on any atom is 0.269 e. The number of β-amino-alcohol motifs (C(OH)–C–C–N with tert-alkyl or cyclic N) is 1. The van der Waals surface area contributed by atoms with Crippen LogP contribution in [0.25, 0.3) is 0 Å². The monoisotopic (exact) mass is 349 g/mol. The highest BCUT2D eigenvalue weighted by Crippen LogP contribution is 2.35. The molecule has 2 N–H and O–H groups in total. The Morgan fingerprint density at radius 3 is 2.80 bits per heavy atom. The second-order valence-corrected chi connectivity index (χ2v) is 6.60. The molecule has 1 aromatic carbocycles. The number of hydrogen-bond donors (Lipinski definition) is 2. The van der Waals surface area contributed by atoms with Gasteiger partial charge in [-0.25, -0.2) is 8.78 Å². The van der Waals surface area contributed by atoms with Crippen molar-refractivity contribution in [1.29, 1.82) is 0 Å². The van der Waals surface area contributed by atoms with E-state index in [1.54, 1.807) is 26.2 Å². The zero-order valence-corrected chi connectivity index (χ0v) is 14.2. The Hall–Kier alpha value is -2.25. The van der Waals surface area contributed by atoms with Gasteiger partial charge in [0.05, 0.1) is 6.10 Å². The number of likely N-dealkylation sites (tertiary alicyclic amines) is 1. The van der Waals surface area contributed by atoms with E-state index >= 15 is 0 Å². The lowest BCUT2D eigenvalue weighted by molar-refractivity contribution is 0.0822. The molecule has 1 aromatic heterocycles. The van der Waals surface area contributed by atoms with Crippen molar-refractivity contribution < 1.29 is 18.7 Å². The van der Waals surface area contributed by atoms with E-state index in [-0.39, 0.29) is 11.5 Å². The number of aliphatic hydroxyl groups is 1. The molecule has 1 saturated heterocycles. The molecule has 1 aliphatic rings. The molecule has 1 aliphatic heterocycles. The smallest absolute Gasteiger partial charge is 0.269 e. The average Bonchev–Trinajstić information content (AvgIpc) is 3.16. The lowest BCUT2D eigenvalue weighted by Gasteiger charge is -2.24. The first-order valence-corrected chi connectivity index (χ1v) is 8.11. The van der Waals surface area contributed by atoms with Crippen molar-refractivity contribution in [2.45, 2.75) is 25.1 Å². The Labute approximate surface area is 144 Å². The molecule has 2 unspecified atom stereocenters. The number of carbonyl (C=O) groups excluding carboxylic acids is 1. The number of rotatable bonds is 4. The second kappa shape index (κ2) is 6.93. The first-order chi connectivity index (χ1) is 11.8. The fraction of sp³-hybridized carbons (Fsp3) is 0.389. The quantitative estimate of drug-likeness (QED) is 0.891. The van der Waals surface area contributed by atoms with Crippen molar-refractivity contribution in [1.82, 2.24) is 14.8 Å². The number of aromatic amines is 1. The van der Waals surface area contributed by atoms with Crippen molar-refractivity contribution in [3.63, 3.8) is 0 Å². The third kappa shape index (κ3) is 3.72. The highest BCUT2D eigenvalue weighted by Gasteiger charge is 2.34. The van der Waals surface area contributed by atoms with Crippen molar-refractivity contribution in [2.75, 3.05) is 20.6 Å². The van der Waals surface area contributed by atoms with Gasteiger partial charge in [-0.3, -0.25) is 9.69 Å². The molecule has 7 heteroatoms. The van der Waals surface area contributed by atoms with Crippen LogP contribution < -0.4 is 0 Å². The van der Waals surface area contributed by atoms with Crippen LogP contribution in [0.2, 0.25) is 0 Å². The summed E-state index contributed by atoms with van der Waals surface area (Å²) in [6, 6.07) is 6.44. The van der Waals surface area contributed by atoms with Crippen LogP contribution in [0.15, 0.2) is 30.3 Å². The highest BCUT2D eigenvalue weighted by atomic mass is 19.1. The molecular weight excluding hydrogens is 328 g/mol. The van der Waals surface area contributed by atoms with Gasteiger partial charge in [-0.2, -0.15) is 0 Å². The van der Waals surface area contributed by atoms with E-state index in [1.807, 2.05) is 4.90 Å². The van der Waals surface area contributed by atoms with Crippen LogP contribution in [0.4, 0.5) is 8.78 Å². The van der Waals surface area contributed by atoms with E-state index in [1.165, 1.54) is 11.0 Å². The number of carbonyl (C=O) groups is 1. The van der Waals surface area contributed by atoms with Crippen LogP contribution >= 0.6 is 0 Å². The summed E-state index contributed by atoms with van der Waals surface area (Å²) >= 11 is 0. The van der Waals surface area contributed by atoms with E-state index in [4.69, 9.17) is 0 Å². The minimum Gasteiger partial charge on any atom is -0.392 e. The molecule has 0 radical (unpaired) electrons. The fourth-order valence-corrected chi connectivity index (χ4v) is 3.26. The molecule has 0 saturated carbocycles. The van der Waals surface area contributed by atoms with E-state index < -0.39 is 23.8 Å². The molecule has 0 spiro atoms. The largest absolute Gasteiger partial charge is 0.392 e. The predicted molar refractivity (Wildman–Crippen MR) is 88.9 cm³/mol. The molecule has 25 heavy (non-hydrogen) atoms. The molecule has 0 bridgehead atoms. The number of aromatic nitrogens is 1. The summed E-state index contributed by atoms with van der Waals surface area (Å²) < 4.78 is 27.7. The third-order valence-corrected chi connectivity index (χ3v) is 4.45. The Kier molecular flexibility index (Phi) is 4.87. The minimum absolute atomic E-state index is 0.138. The molecule has 1 amide bonds. The summed E-state index contributed by atoms with van der Waals surface area (Å²) in [5.74, 6) is -1.13. The predicted octanol–water partition coefficient (Wildman–Crippen LogP) is 2.30. The standard InChI is InChI=1S/C18H21F2N3O2/c1-22(2)18(25)16-6-4-12(21-16)9-23-10-13(24)8-17(23)14-7-11(19)3-5-15(14)20/h3-7,13,17,21,24H,8-10H2,1-2H3. The topological polar surface area (TPSA) is 59.6 Å². The van der Waals surface area contributed by atoms with Crippen LogP contribution in [0.1, 0.15) is 34.2 Å². The number of H-pyrrole nitrogens is 1. The van der Waals surface area contributed by atoms with Gasteiger partial charge in [0.25, 0.3) is 5.91 Å². The Morgan fingerprint density at radius 2 is 2.08 bits per heavy atom. The molecular formula is C18H21F2N3O2. The van der Waals surface area contributed by atoms with Crippen LogP contribution in [0.5, 0.6) is 0 Å². The third-order valence-electron chi connectivity index (χ3n) is 4.45. The van der Waals surface area contributed by atoms with Gasteiger partial charge in [0.2, 0.25) is 0 Å². The normalized spacial score (nSPS) is 20.8. The molecule has 1 fully saturated rings. The maximum atomic E-state index is 14.1. The van der Waals surface area contributed by atoms with Gasteiger partial charge in [-0.15, -0.1) is 0 Å². The van der Waals surface area contributed by atoms with Gasteiger partial charge >= 0.3 is 0 Å². The van der Waals surface area contributed by atoms with Crippen LogP contribution in [0.3, 0.4) is 0 Å². The van der Waals surface area contributed by atoms with E-state index in [2.05, 4.69) is 4.98 Å². The van der Waals surface area contributed by atoms with E-state index in [0.29, 0.717) is 25.2 Å². The number of halogens is 2. The number of hydrogen-bond acceptors (Lipinski definition) is 3. The van der Waals surface area contributed by atoms with Gasteiger partial charge in [0.1, 0.15) is 17.3 Å². The molecule has 2 aromatic rings. The number of benzene rings is 1. The molecule has 134 valence electrons. The lowest BCUT2D eigenvalue weighted by Crippen LogP contribution is -2.25. The fourth-order valence-electron chi connectivity index (χ4n) is 3.26. The Balaban J connectivity index is 1.81. The molecule has 2 heterocycles. The molecule has 2 atom stereocenters. The summed E-state index contributed by atoms with van der Waals surface area (Å²) in [6.07, 6.45) is -0.268. The Morgan fingerprint density at radius 1 is 1.32 bits per heavy atom. The number of aliphatic hydroxyl groups excluding tert-OH is 1. The van der Waals surface area contributed by atoms with Crippen LogP contribution in [0, 0.1) is 11.6 Å². The van der Waals surface area contributed by atoms with Crippen molar-refractivity contribution >= 4 is 5.91 Å². The second-order valence-electron chi connectivity index (χ2n) is 6.60. The van der Waals surface area contributed by atoms with Gasteiger partial charge in [0.15, 0.2) is 0 Å². The number of nitrogens with zero attached hydrogens (tertiary/aromatic N) is 2. The maximum absolute atomic E-state index is 14.1. The summed E-state index contributed by atoms with van der Waals surface area (Å²) in [4.78, 5) is 18.4. The summed E-state index contributed by atoms with van der Waals surface area (Å²) in [5.41, 5.74) is 1.49. The first-order valence-electron chi connectivity index (χ1n) is 8.11. The molecule has 0 aliphatic carbocycles. The highest BCUT2D eigenvalue weighted by molar-refractivity contribution is 5.92. The van der Waals surface area contributed by atoms with E-state index in [9.17, 15) is 18.7 Å². The van der Waals surface area contributed by atoms with Gasteiger partial charge < -0.3 is 15.0 Å². The van der Waals surface area contributed by atoms with Gasteiger partial charge in [-0.05, 0) is 36.8 Å². The molecule has 5 nitrogen and oxygen atoms in total. The van der Waals surface area contributed by atoms with Crippen molar-refractivity contribution in [3.05, 3.63) is 58.9 Å². The van der Waals surface area contributed by atoms with Crippen molar-refractivity contribution in [2.24, 2.45) is 0 Å². The number of amides is 1. The van der Waals surface area contributed by atoms with E-state index in [0.717, 1.165) is 17.8 Å². The SMILES string of the molecule is CN(C)C(=O)c1ccc(CN2CC(O)CC2c2cc(F)ccc2F)[nH]1. The van der Waals surface area contributed by atoms with Crippen LogP contribution in [-0.2, 0) is 6.54 Å². The van der Waals surface area contributed by atoms with Gasteiger partial charge in [-0.1, -0.05) is 0 Å².